The van der Waals surface area contributed by atoms with Crippen LogP contribution in [0.25, 0.3) is 0 Å². The molecule has 0 aliphatic rings. The summed E-state index contributed by atoms with van der Waals surface area (Å²) in [4.78, 5) is 0. The van der Waals surface area contributed by atoms with Crippen LogP contribution in [-0.2, 0) is 4.74 Å². The molecule has 18 heavy (non-hydrogen) atoms. The van der Waals surface area contributed by atoms with E-state index in [0.717, 1.165) is 18.5 Å². The number of benzene rings is 1. The van der Waals surface area contributed by atoms with E-state index in [9.17, 15) is 0 Å². The molecular weight excluding hydrogens is 269 g/mol. The number of methoxy groups -OCH3 is 1. The minimum atomic E-state index is -0.182. The van der Waals surface area contributed by atoms with Crippen LogP contribution in [0.5, 0.6) is 0 Å². The van der Waals surface area contributed by atoms with Crippen LogP contribution in [0.2, 0.25) is 10.0 Å². The third-order valence-corrected chi connectivity index (χ3v) is 3.78. The highest BCUT2D eigenvalue weighted by Crippen LogP contribution is 2.30. The van der Waals surface area contributed by atoms with Crippen molar-refractivity contribution >= 4 is 23.2 Å². The van der Waals surface area contributed by atoms with Gasteiger partial charge in [0.1, 0.15) is 0 Å². The Kier molecular flexibility index (Phi) is 5.93. The fraction of sp³-hybridized carbons (Fsp3) is 0.571. The number of nitrogens with one attached hydrogen (secondary N) is 1. The van der Waals surface area contributed by atoms with Gasteiger partial charge < -0.3 is 10.1 Å². The second kappa shape index (κ2) is 6.76. The minimum absolute atomic E-state index is 0.182. The third-order valence-electron chi connectivity index (χ3n) is 3.04. The maximum Gasteiger partial charge on any atom is 0.0640 e. The van der Waals surface area contributed by atoms with Gasteiger partial charge in [0.05, 0.1) is 15.6 Å². The first-order chi connectivity index (χ1) is 8.39. The van der Waals surface area contributed by atoms with Gasteiger partial charge in [0.25, 0.3) is 0 Å². The molecule has 0 aromatic heterocycles. The lowest BCUT2D eigenvalue weighted by Crippen LogP contribution is -2.32. The number of hydrogen-bond donors (Lipinski definition) is 1. The van der Waals surface area contributed by atoms with Gasteiger partial charge in [-0.1, -0.05) is 36.2 Å². The van der Waals surface area contributed by atoms with Gasteiger partial charge in [-0.05, 0) is 44.5 Å². The lowest BCUT2D eigenvalue weighted by molar-refractivity contribution is 0.00697. The van der Waals surface area contributed by atoms with E-state index < -0.39 is 0 Å². The molecule has 1 aromatic carbocycles. The number of rotatable bonds is 6. The van der Waals surface area contributed by atoms with Gasteiger partial charge in [0.15, 0.2) is 0 Å². The SMILES string of the molecule is CCNC(CC(C)(C)OC)c1ccc(Cl)c(Cl)c1. The second-order valence-corrected chi connectivity index (χ2v) is 5.77. The summed E-state index contributed by atoms with van der Waals surface area (Å²) in [7, 11) is 1.73. The van der Waals surface area contributed by atoms with Gasteiger partial charge in [0, 0.05) is 13.2 Å². The Hall–Kier alpha value is -0.280. The van der Waals surface area contributed by atoms with Crippen molar-refractivity contribution < 1.29 is 4.74 Å². The van der Waals surface area contributed by atoms with Gasteiger partial charge in [-0.15, -0.1) is 0 Å². The Morgan fingerprint density at radius 3 is 2.44 bits per heavy atom. The molecule has 0 aliphatic carbocycles. The van der Waals surface area contributed by atoms with Crippen LogP contribution in [0, 0.1) is 0 Å². The van der Waals surface area contributed by atoms with Crippen LogP contribution in [-0.4, -0.2) is 19.3 Å². The molecule has 0 spiro atoms. The predicted octanol–water partition coefficient (Wildman–Crippen LogP) is 4.46. The summed E-state index contributed by atoms with van der Waals surface area (Å²) in [5, 5.41) is 4.63. The quantitative estimate of drug-likeness (QED) is 0.835. The average molecular weight is 290 g/mol. The van der Waals surface area contributed by atoms with Crippen LogP contribution in [0.3, 0.4) is 0 Å². The van der Waals surface area contributed by atoms with Crippen LogP contribution >= 0.6 is 23.2 Å². The molecule has 0 bridgehead atoms. The van der Waals surface area contributed by atoms with Gasteiger partial charge in [-0.2, -0.15) is 0 Å². The van der Waals surface area contributed by atoms with Gasteiger partial charge >= 0.3 is 0 Å². The van der Waals surface area contributed by atoms with Crippen LogP contribution < -0.4 is 5.32 Å². The monoisotopic (exact) mass is 289 g/mol. The zero-order valence-corrected chi connectivity index (χ0v) is 12.9. The van der Waals surface area contributed by atoms with Crippen molar-refractivity contribution in [2.75, 3.05) is 13.7 Å². The zero-order chi connectivity index (χ0) is 13.8. The number of hydrogen-bond acceptors (Lipinski definition) is 2. The molecule has 4 heteroatoms. The van der Waals surface area contributed by atoms with Crippen molar-refractivity contribution in [3.63, 3.8) is 0 Å². The van der Waals surface area contributed by atoms with Crippen molar-refractivity contribution in [2.45, 2.75) is 38.8 Å². The third kappa shape index (κ3) is 4.43. The van der Waals surface area contributed by atoms with Gasteiger partial charge in [-0.3, -0.25) is 0 Å². The standard InChI is InChI=1S/C14H21Cl2NO/c1-5-17-13(9-14(2,3)18-4)10-6-7-11(15)12(16)8-10/h6-8,13,17H,5,9H2,1-4H3. The number of ether oxygens (including phenoxy) is 1. The molecule has 0 radical (unpaired) electrons. The predicted molar refractivity (Wildman–Crippen MR) is 78.6 cm³/mol. The van der Waals surface area contributed by atoms with Crippen LogP contribution in [0.1, 0.15) is 38.8 Å². The molecule has 0 heterocycles. The second-order valence-electron chi connectivity index (χ2n) is 4.95. The molecule has 2 nitrogen and oxygen atoms in total. The van der Waals surface area contributed by atoms with Crippen molar-refractivity contribution in [3.8, 4) is 0 Å². The molecule has 0 saturated heterocycles. The van der Waals surface area contributed by atoms with E-state index in [0.29, 0.717) is 10.0 Å². The van der Waals surface area contributed by atoms with Crippen molar-refractivity contribution in [3.05, 3.63) is 33.8 Å². The van der Waals surface area contributed by atoms with Gasteiger partial charge in [0.2, 0.25) is 0 Å². The Balaban J connectivity index is 2.93. The summed E-state index contributed by atoms with van der Waals surface area (Å²) in [6, 6.07) is 5.97. The van der Waals surface area contributed by atoms with E-state index >= 15 is 0 Å². The van der Waals surface area contributed by atoms with E-state index in [1.165, 1.54) is 0 Å². The van der Waals surface area contributed by atoms with E-state index in [1.54, 1.807) is 7.11 Å². The lowest BCUT2D eigenvalue weighted by Gasteiger charge is -2.29. The zero-order valence-electron chi connectivity index (χ0n) is 11.4. The summed E-state index contributed by atoms with van der Waals surface area (Å²) in [5.74, 6) is 0. The molecule has 1 N–H and O–H groups in total. The summed E-state index contributed by atoms with van der Waals surface area (Å²) in [5.41, 5.74) is 0.954. The molecular formula is C14H21Cl2NO. The largest absolute Gasteiger partial charge is 0.379 e. The summed E-state index contributed by atoms with van der Waals surface area (Å²) >= 11 is 12.0. The Morgan fingerprint density at radius 2 is 1.94 bits per heavy atom. The molecule has 0 fully saturated rings. The highest BCUT2D eigenvalue weighted by atomic mass is 35.5. The highest BCUT2D eigenvalue weighted by Gasteiger charge is 2.23. The topological polar surface area (TPSA) is 21.3 Å². The van der Waals surface area contributed by atoms with Crippen LogP contribution in [0.15, 0.2) is 18.2 Å². The molecule has 0 amide bonds. The minimum Gasteiger partial charge on any atom is -0.379 e. The molecule has 1 aromatic rings. The first-order valence-corrected chi connectivity index (χ1v) is 6.88. The normalized spacial score (nSPS) is 13.7. The van der Waals surface area contributed by atoms with Crippen molar-refractivity contribution in [1.82, 2.24) is 5.32 Å². The average Bonchev–Trinajstić information content (AvgIpc) is 2.32. The Morgan fingerprint density at radius 1 is 1.28 bits per heavy atom. The van der Waals surface area contributed by atoms with E-state index in [2.05, 4.69) is 26.1 Å². The first-order valence-electron chi connectivity index (χ1n) is 6.13. The Bertz CT molecular complexity index is 393. The summed E-state index contributed by atoms with van der Waals surface area (Å²) < 4.78 is 5.49. The maximum absolute atomic E-state index is 6.07. The number of halogens is 2. The smallest absolute Gasteiger partial charge is 0.0640 e. The van der Waals surface area contributed by atoms with Crippen molar-refractivity contribution in [1.29, 1.82) is 0 Å². The molecule has 102 valence electrons. The van der Waals surface area contributed by atoms with Crippen molar-refractivity contribution in [2.24, 2.45) is 0 Å². The molecule has 0 saturated carbocycles. The van der Waals surface area contributed by atoms with E-state index in [1.807, 2.05) is 18.2 Å². The summed E-state index contributed by atoms with van der Waals surface area (Å²) in [6.07, 6.45) is 0.870. The van der Waals surface area contributed by atoms with Gasteiger partial charge in [-0.25, -0.2) is 0 Å². The van der Waals surface area contributed by atoms with Crippen LogP contribution in [0.4, 0.5) is 0 Å². The fourth-order valence-corrected chi connectivity index (χ4v) is 2.16. The van der Waals surface area contributed by atoms with E-state index in [-0.39, 0.29) is 11.6 Å². The lowest BCUT2D eigenvalue weighted by atomic mass is 9.93. The molecule has 0 aliphatic heterocycles. The molecule has 1 unspecified atom stereocenters. The first kappa shape index (κ1) is 15.8. The Labute approximate surface area is 120 Å². The summed E-state index contributed by atoms with van der Waals surface area (Å²) in [6.45, 7) is 7.14. The molecule has 1 rings (SSSR count). The fourth-order valence-electron chi connectivity index (χ4n) is 1.86. The van der Waals surface area contributed by atoms with E-state index in [4.69, 9.17) is 27.9 Å². The molecule has 1 atom stereocenters. The highest BCUT2D eigenvalue weighted by molar-refractivity contribution is 6.42. The maximum atomic E-state index is 6.07.